The second-order valence-electron chi connectivity index (χ2n) is 4.78. The molecule has 0 unspecified atom stereocenters. The first kappa shape index (κ1) is 14.8. The topological polar surface area (TPSA) is 58.9 Å². The molecule has 0 radical (unpaired) electrons. The van der Waals surface area contributed by atoms with E-state index in [-0.39, 0.29) is 12.2 Å². The van der Waals surface area contributed by atoms with Crippen LogP contribution < -0.4 is 0 Å². The molecule has 21 heavy (non-hydrogen) atoms. The van der Waals surface area contributed by atoms with Crippen molar-refractivity contribution >= 4 is 11.7 Å². The van der Waals surface area contributed by atoms with Crippen LogP contribution in [0.1, 0.15) is 34.0 Å². The zero-order valence-electron chi connectivity index (χ0n) is 12.0. The molecular weight excluding hydrogens is 266 g/mol. The Balaban J connectivity index is 2.05. The summed E-state index contributed by atoms with van der Waals surface area (Å²) in [5.74, 6) is -0.964. The van der Waals surface area contributed by atoms with E-state index in [0.717, 1.165) is 11.3 Å². The molecule has 0 saturated heterocycles. The lowest BCUT2D eigenvalue weighted by molar-refractivity contribution is 0.0688. The molecular formula is C17H17NO3. The van der Waals surface area contributed by atoms with Crippen LogP contribution in [-0.2, 0) is 11.4 Å². The lowest BCUT2D eigenvalue weighted by Gasteiger charge is -2.06. The Bertz CT molecular complexity index is 660. The molecule has 0 saturated carbocycles. The number of nitrogens with zero attached hydrogens (tertiary/aromatic N) is 1. The van der Waals surface area contributed by atoms with Gasteiger partial charge in [0.05, 0.1) is 11.3 Å². The van der Waals surface area contributed by atoms with Crippen LogP contribution in [0.3, 0.4) is 0 Å². The van der Waals surface area contributed by atoms with Crippen molar-refractivity contribution in [2.24, 2.45) is 5.16 Å². The van der Waals surface area contributed by atoms with Crippen molar-refractivity contribution in [1.29, 1.82) is 0 Å². The smallest absolute Gasteiger partial charge is 0.336 e. The summed E-state index contributed by atoms with van der Waals surface area (Å²) in [6.45, 7) is 4.01. The summed E-state index contributed by atoms with van der Waals surface area (Å²) >= 11 is 0. The van der Waals surface area contributed by atoms with Crippen molar-refractivity contribution in [3.05, 3.63) is 70.8 Å². The summed E-state index contributed by atoms with van der Waals surface area (Å²) in [7, 11) is 0. The van der Waals surface area contributed by atoms with Gasteiger partial charge < -0.3 is 9.94 Å². The van der Waals surface area contributed by atoms with Crippen molar-refractivity contribution in [2.75, 3.05) is 0 Å². The summed E-state index contributed by atoms with van der Waals surface area (Å²) in [5.41, 5.74) is 3.75. The summed E-state index contributed by atoms with van der Waals surface area (Å²) in [4.78, 5) is 16.4. The van der Waals surface area contributed by atoms with E-state index >= 15 is 0 Å². The molecule has 108 valence electrons. The highest BCUT2D eigenvalue weighted by Gasteiger charge is 2.09. The van der Waals surface area contributed by atoms with Crippen molar-refractivity contribution in [2.45, 2.75) is 20.5 Å². The van der Waals surface area contributed by atoms with E-state index in [2.05, 4.69) is 5.16 Å². The quantitative estimate of drug-likeness (QED) is 0.673. The van der Waals surface area contributed by atoms with Crippen LogP contribution in [0.4, 0.5) is 0 Å². The molecule has 0 spiro atoms. The standard InChI is InChI=1S/C17H17NO3/c1-12-7-9-14(10-8-12)13(2)18-21-11-15-5-3-4-6-16(15)17(19)20/h3-10H,11H2,1-2H3,(H,19,20)/b18-13+. The highest BCUT2D eigenvalue weighted by Crippen LogP contribution is 2.11. The largest absolute Gasteiger partial charge is 0.478 e. The predicted molar refractivity (Wildman–Crippen MR) is 81.6 cm³/mol. The van der Waals surface area contributed by atoms with E-state index in [9.17, 15) is 4.79 Å². The molecule has 4 heteroatoms. The van der Waals surface area contributed by atoms with Crippen LogP contribution in [0.2, 0.25) is 0 Å². The Labute approximate surface area is 123 Å². The van der Waals surface area contributed by atoms with Gasteiger partial charge in [0, 0.05) is 5.56 Å². The molecule has 4 nitrogen and oxygen atoms in total. The van der Waals surface area contributed by atoms with Crippen LogP contribution in [-0.4, -0.2) is 16.8 Å². The normalized spacial score (nSPS) is 11.2. The third-order valence-corrected chi connectivity index (χ3v) is 3.14. The van der Waals surface area contributed by atoms with Gasteiger partial charge in [0.1, 0.15) is 6.61 Å². The molecule has 2 aromatic carbocycles. The van der Waals surface area contributed by atoms with Crippen molar-refractivity contribution in [3.8, 4) is 0 Å². The number of carboxylic acid groups (broad SMARTS) is 1. The number of carbonyl (C=O) groups is 1. The van der Waals surface area contributed by atoms with Gasteiger partial charge in [0.2, 0.25) is 0 Å². The van der Waals surface area contributed by atoms with E-state index in [0.29, 0.717) is 5.56 Å². The molecule has 0 aliphatic heterocycles. The maximum Gasteiger partial charge on any atom is 0.336 e. The zero-order chi connectivity index (χ0) is 15.2. The zero-order valence-corrected chi connectivity index (χ0v) is 12.0. The number of benzene rings is 2. The highest BCUT2D eigenvalue weighted by molar-refractivity contribution is 5.98. The Morgan fingerprint density at radius 3 is 2.48 bits per heavy atom. The summed E-state index contributed by atoms with van der Waals surface area (Å²) in [5, 5.41) is 13.1. The maximum absolute atomic E-state index is 11.1. The number of aryl methyl sites for hydroxylation is 1. The predicted octanol–water partition coefficient (Wildman–Crippen LogP) is 3.63. The first-order chi connectivity index (χ1) is 10.1. The van der Waals surface area contributed by atoms with Gasteiger partial charge in [-0.05, 0) is 25.5 Å². The Morgan fingerprint density at radius 1 is 1.14 bits per heavy atom. The molecule has 0 atom stereocenters. The fourth-order valence-corrected chi connectivity index (χ4v) is 1.90. The fraction of sp³-hybridized carbons (Fsp3) is 0.176. The highest BCUT2D eigenvalue weighted by atomic mass is 16.6. The van der Waals surface area contributed by atoms with Crippen LogP contribution in [0.5, 0.6) is 0 Å². The SMILES string of the molecule is C/C(=N\OCc1ccccc1C(=O)O)c1ccc(C)cc1. The third kappa shape index (κ3) is 3.92. The first-order valence-corrected chi connectivity index (χ1v) is 6.62. The van der Waals surface area contributed by atoms with Gasteiger partial charge >= 0.3 is 5.97 Å². The Morgan fingerprint density at radius 2 is 1.81 bits per heavy atom. The molecule has 2 rings (SSSR count). The average Bonchev–Trinajstić information content (AvgIpc) is 2.48. The number of hydrogen-bond donors (Lipinski definition) is 1. The Kier molecular flexibility index (Phi) is 4.72. The van der Waals surface area contributed by atoms with Gasteiger partial charge in [-0.3, -0.25) is 0 Å². The molecule has 0 aromatic heterocycles. The van der Waals surface area contributed by atoms with Gasteiger partial charge in [0.15, 0.2) is 0 Å². The first-order valence-electron chi connectivity index (χ1n) is 6.62. The molecule has 0 amide bonds. The van der Waals surface area contributed by atoms with Crippen molar-refractivity contribution in [3.63, 3.8) is 0 Å². The monoisotopic (exact) mass is 283 g/mol. The van der Waals surface area contributed by atoms with Crippen LogP contribution in [0.15, 0.2) is 53.7 Å². The minimum atomic E-state index is -0.964. The number of hydrogen-bond acceptors (Lipinski definition) is 3. The van der Waals surface area contributed by atoms with Crippen molar-refractivity contribution in [1.82, 2.24) is 0 Å². The number of carboxylic acids is 1. The summed E-state index contributed by atoms with van der Waals surface area (Å²) in [6.07, 6.45) is 0. The lowest BCUT2D eigenvalue weighted by atomic mass is 10.1. The minimum absolute atomic E-state index is 0.131. The molecule has 1 N–H and O–H groups in total. The summed E-state index contributed by atoms with van der Waals surface area (Å²) in [6, 6.07) is 14.7. The second-order valence-corrected chi connectivity index (χ2v) is 4.78. The molecule has 0 aliphatic carbocycles. The van der Waals surface area contributed by atoms with Crippen LogP contribution in [0.25, 0.3) is 0 Å². The summed E-state index contributed by atoms with van der Waals surface area (Å²) < 4.78 is 0. The van der Waals surface area contributed by atoms with Gasteiger partial charge in [-0.2, -0.15) is 0 Å². The Hall–Kier alpha value is -2.62. The number of oxime groups is 1. The van der Waals surface area contributed by atoms with Crippen molar-refractivity contribution < 1.29 is 14.7 Å². The average molecular weight is 283 g/mol. The second kappa shape index (κ2) is 6.70. The van der Waals surface area contributed by atoms with Gasteiger partial charge in [-0.15, -0.1) is 0 Å². The van der Waals surface area contributed by atoms with Crippen LogP contribution >= 0.6 is 0 Å². The van der Waals surface area contributed by atoms with E-state index in [4.69, 9.17) is 9.94 Å². The minimum Gasteiger partial charge on any atom is -0.478 e. The van der Waals surface area contributed by atoms with Gasteiger partial charge in [-0.1, -0.05) is 53.2 Å². The fourth-order valence-electron chi connectivity index (χ4n) is 1.90. The molecule has 0 bridgehead atoms. The van der Waals surface area contributed by atoms with Gasteiger partial charge in [-0.25, -0.2) is 4.79 Å². The van der Waals surface area contributed by atoms with Crippen LogP contribution in [0, 0.1) is 6.92 Å². The number of rotatable bonds is 5. The van der Waals surface area contributed by atoms with E-state index in [1.54, 1.807) is 24.3 Å². The number of aromatic carboxylic acids is 1. The lowest BCUT2D eigenvalue weighted by Crippen LogP contribution is -2.03. The van der Waals surface area contributed by atoms with E-state index in [1.165, 1.54) is 5.56 Å². The molecule has 0 aliphatic rings. The van der Waals surface area contributed by atoms with Gasteiger partial charge in [0.25, 0.3) is 0 Å². The van der Waals surface area contributed by atoms with E-state index < -0.39 is 5.97 Å². The molecule has 0 heterocycles. The van der Waals surface area contributed by atoms with E-state index in [1.807, 2.05) is 38.1 Å². The third-order valence-electron chi connectivity index (χ3n) is 3.14. The molecule has 0 fully saturated rings. The molecule has 2 aromatic rings. The maximum atomic E-state index is 11.1.